The van der Waals surface area contributed by atoms with E-state index in [2.05, 4.69) is 0 Å². The summed E-state index contributed by atoms with van der Waals surface area (Å²) in [4.78, 5) is -0.306. The first-order valence-electron chi connectivity index (χ1n) is 3.19. The Morgan fingerprint density at radius 2 is 2.18 bits per heavy atom. The summed E-state index contributed by atoms with van der Waals surface area (Å²) < 4.78 is 21.2. The summed E-state index contributed by atoms with van der Waals surface area (Å²) in [5, 5.41) is 13.1. The molecular formula is C6H8N2O2S. The van der Waals surface area contributed by atoms with Gasteiger partial charge in [-0.2, -0.15) is 5.26 Å². The van der Waals surface area contributed by atoms with Gasteiger partial charge in [0.05, 0.1) is 0 Å². The van der Waals surface area contributed by atoms with Gasteiger partial charge in [-0.05, 0) is 18.8 Å². The fourth-order valence-corrected chi connectivity index (χ4v) is 1.18. The molecule has 1 fully saturated rings. The zero-order valence-electron chi connectivity index (χ0n) is 5.82. The molecule has 60 valence electrons. The number of nitrogens with two attached hydrogens (primary N) is 1. The number of hydrogen-bond acceptors (Lipinski definition) is 3. The first-order chi connectivity index (χ1) is 5.04. The second-order valence-electron chi connectivity index (χ2n) is 2.53. The van der Waals surface area contributed by atoms with E-state index in [0.29, 0.717) is 0 Å². The van der Waals surface area contributed by atoms with Crippen LogP contribution in [0.2, 0.25) is 0 Å². The van der Waals surface area contributed by atoms with E-state index in [0.717, 1.165) is 12.8 Å². The summed E-state index contributed by atoms with van der Waals surface area (Å²) >= 11 is 0. The minimum atomic E-state index is -3.77. The number of rotatable bonds is 2. The molecule has 1 rings (SSSR count). The average molecular weight is 172 g/mol. The lowest BCUT2D eigenvalue weighted by atomic mass is 10.4. The quantitative estimate of drug-likeness (QED) is 0.599. The highest BCUT2D eigenvalue weighted by Gasteiger charge is 2.22. The Balaban J connectivity index is 2.88. The van der Waals surface area contributed by atoms with Gasteiger partial charge in [0.1, 0.15) is 6.07 Å². The molecule has 0 aromatic heterocycles. The molecule has 11 heavy (non-hydrogen) atoms. The van der Waals surface area contributed by atoms with Gasteiger partial charge in [0.25, 0.3) is 0 Å². The van der Waals surface area contributed by atoms with Crippen LogP contribution in [0.4, 0.5) is 0 Å². The molecular weight excluding hydrogens is 164 g/mol. The summed E-state index contributed by atoms with van der Waals surface area (Å²) in [5.41, 5.74) is 0. The largest absolute Gasteiger partial charge is 0.247 e. The van der Waals surface area contributed by atoms with Crippen molar-refractivity contribution in [3.8, 4) is 6.07 Å². The SMILES string of the molecule is N#CC(=CC1CC1)S(N)(=O)=O. The Kier molecular flexibility index (Phi) is 1.98. The zero-order chi connectivity index (χ0) is 8.48. The molecule has 0 saturated heterocycles. The molecule has 0 unspecified atom stereocenters. The second kappa shape index (κ2) is 2.64. The first kappa shape index (κ1) is 8.24. The van der Waals surface area contributed by atoms with Gasteiger partial charge in [0.2, 0.25) is 10.0 Å². The molecule has 0 spiro atoms. The third-order valence-electron chi connectivity index (χ3n) is 1.43. The summed E-state index contributed by atoms with van der Waals surface area (Å²) in [6, 6.07) is 1.56. The number of nitrogens with zero attached hydrogens (tertiary/aromatic N) is 1. The van der Waals surface area contributed by atoms with Crippen LogP contribution in [0.1, 0.15) is 12.8 Å². The number of allylic oxidation sites excluding steroid dienone is 2. The molecule has 0 amide bonds. The third-order valence-corrected chi connectivity index (χ3v) is 2.27. The van der Waals surface area contributed by atoms with Gasteiger partial charge in [-0.15, -0.1) is 0 Å². The molecule has 0 heterocycles. The molecule has 0 aliphatic heterocycles. The van der Waals surface area contributed by atoms with Gasteiger partial charge in [-0.3, -0.25) is 0 Å². The number of primary sulfonamides is 1. The monoisotopic (exact) mass is 172 g/mol. The molecule has 1 saturated carbocycles. The summed E-state index contributed by atoms with van der Waals surface area (Å²) in [6.07, 6.45) is 3.34. The van der Waals surface area contributed by atoms with Crippen LogP contribution in [0.25, 0.3) is 0 Å². The third kappa shape index (κ3) is 2.33. The van der Waals surface area contributed by atoms with Crippen molar-refractivity contribution < 1.29 is 8.42 Å². The van der Waals surface area contributed by atoms with Crippen molar-refractivity contribution in [3.63, 3.8) is 0 Å². The fraction of sp³-hybridized carbons (Fsp3) is 0.500. The van der Waals surface area contributed by atoms with E-state index in [-0.39, 0.29) is 10.8 Å². The predicted octanol–water partition coefficient (Wildman–Crippen LogP) is 0.0924. The van der Waals surface area contributed by atoms with Gasteiger partial charge in [0.15, 0.2) is 4.91 Å². The van der Waals surface area contributed by atoms with Crippen LogP contribution < -0.4 is 5.14 Å². The molecule has 0 bridgehead atoms. The molecule has 2 N–H and O–H groups in total. The van der Waals surface area contributed by atoms with Crippen LogP contribution in [-0.4, -0.2) is 8.42 Å². The van der Waals surface area contributed by atoms with Crippen molar-refractivity contribution >= 4 is 10.0 Å². The van der Waals surface area contributed by atoms with Crippen molar-refractivity contribution in [2.24, 2.45) is 11.1 Å². The van der Waals surface area contributed by atoms with Gasteiger partial charge >= 0.3 is 0 Å². The second-order valence-corrected chi connectivity index (χ2v) is 4.06. The molecule has 0 aromatic rings. The van der Waals surface area contributed by atoms with Crippen molar-refractivity contribution in [2.45, 2.75) is 12.8 Å². The normalized spacial score (nSPS) is 19.5. The smallest absolute Gasteiger partial charge is 0.224 e. The predicted molar refractivity (Wildman–Crippen MR) is 39.5 cm³/mol. The van der Waals surface area contributed by atoms with Crippen LogP contribution in [0.5, 0.6) is 0 Å². The van der Waals surface area contributed by atoms with E-state index in [1.807, 2.05) is 0 Å². The zero-order valence-corrected chi connectivity index (χ0v) is 6.63. The van der Waals surface area contributed by atoms with Crippen LogP contribution in [0.3, 0.4) is 0 Å². The lowest BCUT2D eigenvalue weighted by molar-refractivity contribution is 0.604. The van der Waals surface area contributed by atoms with E-state index in [1.54, 1.807) is 6.07 Å². The summed E-state index contributed by atoms with van der Waals surface area (Å²) in [6.45, 7) is 0. The molecule has 0 radical (unpaired) electrons. The molecule has 0 atom stereocenters. The lowest BCUT2D eigenvalue weighted by Crippen LogP contribution is -2.13. The lowest BCUT2D eigenvalue weighted by Gasteiger charge is -1.91. The number of sulfonamides is 1. The standard InChI is InChI=1S/C6H8N2O2S/c7-4-6(11(8,9)10)3-5-1-2-5/h3,5H,1-2H2,(H2,8,9,10). The molecule has 0 aromatic carbocycles. The Morgan fingerprint density at radius 1 is 1.64 bits per heavy atom. The minimum absolute atomic E-state index is 0.253. The Labute approximate surface area is 65.4 Å². The van der Waals surface area contributed by atoms with E-state index in [4.69, 9.17) is 10.4 Å². The molecule has 4 nitrogen and oxygen atoms in total. The minimum Gasteiger partial charge on any atom is -0.224 e. The average Bonchev–Trinajstić information content (AvgIpc) is 2.62. The van der Waals surface area contributed by atoms with E-state index in [9.17, 15) is 8.42 Å². The number of hydrogen-bond donors (Lipinski definition) is 1. The van der Waals surface area contributed by atoms with E-state index < -0.39 is 10.0 Å². The summed E-state index contributed by atoms with van der Waals surface area (Å²) in [7, 11) is -3.77. The Bertz CT molecular complexity index is 319. The highest BCUT2D eigenvalue weighted by molar-refractivity contribution is 7.93. The maximum atomic E-state index is 10.6. The van der Waals surface area contributed by atoms with Crippen molar-refractivity contribution in [1.82, 2.24) is 0 Å². The van der Waals surface area contributed by atoms with Crippen LogP contribution >= 0.6 is 0 Å². The highest BCUT2D eigenvalue weighted by atomic mass is 32.2. The Morgan fingerprint density at radius 3 is 2.45 bits per heavy atom. The number of nitriles is 1. The van der Waals surface area contributed by atoms with Crippen molar-refractivity contribution in [3.05, 3.63) is 11.0 Å². The maximum Gasteiger partial charge on any atom is 0.247 e. The van der Waals surface area contributed by atoms with Crippen molar-refractivity contribution in [2.75, 3.05) is 0 Å². The topological polar surface area (TPSA) is 83.9 Å². The molecule has 1 aliphatic carbocycles. The highest BCUT2D eigenvalue weighted by Crippen LogP contribution is 2.31. The van der Waals surface area contributed by atoms with Gasteiger partial charge < -0.3 is 0 Å². The van der Waals surface area contributed by atoms with E-state index in [1.165, 1.54) is 6.08 Å². The van der Waals surface area contributed by atoms with Crippen LogP contribution in [0.15, 0.2) is 11.0 Å². The molecule has 5 heteroatoms. The maximum absolute atomic E-state index is 10.6. The van der Waals surface area contributed by atoms with Crippen LogP contribution in [0, 0.1) is 17.2 Å². The summed E-state index contributed by atoms with van der Waals surface area (Å²) in [5.74, 6) is 0.253. The van der Waals surface area contributed by atoms with E-state index >= 15 is 0 Å². The van der Waals surface area contributed by atoms with Gasteiger partial charge in [0, 0.05) is 0 Å². The van der Waals surface area contributed by atoms with Crippen LogP contribution in [-0.2, 0) is 10.0 Å². The van der Waals surface area contributed by atoms with Gasteiger partial charge in [-0.25, -0.2) is 13.6 Å². The fourth-order valence-electron chi connectivity index (χ4n) is 0.673. The van der Waals surface area contributed by atoms with Gasteiger partial charge in [-0.1, -0.05) is 6.08 Å². The molecule has 1 aliphatic rings. The Hall–Kier alpha value is -0.860. The first-order valence-corrected chi connectivity index (χ1v) is 4.73. The van der Waals surface area contributed by atoms with Crippen molar-refractivity contribution in [1.29, 1.82) is 5.26 Å².